The lowest BCUT2D eigenvalue weighted by Crippen LogP contribution is -2.38. The highest BCUT2D eigenvalue weighted by molar-refractivity contribution is 5.76. The summed E-state index contributed by atoms with van der Waals surface area (Å²) in [6, 6.07) is 0. The van der Waals surface area contributed by atoms with Gasteiger partial charge in [-0.15, -0.1) is 0 Å². The van der Waals surface area contributed by atoms with Crippen molar-refractivity contribution in [3.8, 4) is 6.26 Å². The van der Waals surface area contributed by atoms with Crippen LogP contribution in [0.1, 0.15) is 85.0 Å². The lowest BCUT2D eigenvalue weighted by atomic mass is 10.2. The van der Waals surface area contributed by atoms with Gasteiger partial charge >= 0.3 is 0 Å². The maximum absolute atomic E-state index is 11.7. The van der Waals surface area contributed by atoms with Gasteiger partial charge in [0.05, 0.1) is 26.4 Å². The molecule has 0 radical (unpaired) electrons. The van der Waals surface area contributed by atoms with Crippen LogP contribution in [0.25, 0.3) is 0 Å². The molecule has 0 aliphatic carbocycles. The molecule has 0 spiro atoms. The number of hydrogen-bond donors (Lipinski definition) is 4. The Morgan fingerprint density at radius 2 is 1.33 bits per heavy atom. The molecule has 0 fully saturated rings. The highest BCUT2D eigenvalue weighted by atomic mass is 16.5. The fraction of sp³-hybridized carbons (Fsp3) is 0.839. The molecule has 0 rings (SSSR count). The molecular formula is C31H60N6O8. The number of nitriles is 1. The van der Waals surface area contributed by atoms with Gasteiger partial charge in [0.1, 0.15) is 6.61 Å². The van der Waals surface area contributed by atoms with Crippen LogP contribution in [0.5, 0.6) is 0 Å². The number of nitrogens with one attached hydrogen (secondary N) is 2. The molecule has 262 valence electrons. The summed E-state index contributed by atoms with van der Waals surface area (Å²) in [6.07, 6.45) is 12.3. The molecule has 0 saturated heterocycles. The summed E-state index contributed by atoms with van der Waals surface area (Å²) >= 11 is 0. The molecule has 0 unspecified atom stereocenters. The first-order valence-corrected chi connectivity index (χ1v) is 16.0. The standard InChI is InChI=1S/C16H33N3O3.C8H12N2O2.C7H15NO3/c1-4-16(21)19(13-14-22-3)12-11-17-9-7-5-6-8-10-18-15(2)20;9-7-12-6-4-2-1-3-5-10-8-11;1-2-7(11)8(3-5-9)4-6-10/h17H,4-14H2,1-3H3,(H,18,20);1-6H2;9-10H,2-6H2,1H3. The van der Waals surface area contributed by atoms with E-state index in [1.54, 1.807) is 27.2 Å². The average molecular weight is 645 g/mol. The lowest BCUT2D eigenvalue weighted by Gasteiger charge is -2.22. The van der Waals surface area contributed by atoms with E-state index in [0.29, 0.717) is 52.2 Å². The Morgan fingerprint density at radius 3 is 1.84 bits per heavy atom. The SMILES string of the molecule is CCC(=O)N(CCNCCCCCCNC(C)=O)CCOC.CCC(=O)N(CCO)CCO.N#COCCCCCCN=C=O. The van der Waals surface area contributed by atoms with Crippen LogP contribution >= 0.6 is 0 Å². The van der Waals surface area contributed by atoms with E-state index in [1.807, 2.05) is 11.8 Å². The predicted octanol–water partition coefficient (Wildman–Crippen LogP) is 1.75. The van der Waals surface area contributed by atoms with E-state index in [2.05, 4.69) is 20.4 Å². The molecule has 0 atom stereocenters. The van der Waals surface area contributed by atoms with Crippen molar-refractivity contribution in [2.75, 3.05) is 85.9 Å². The van der Waals surface area contributed by atoms with E-state index in [1.165, 1.54) is 11.0 Å². The first-order valence-electron chi connectivity index (χ1n) is 16.0. The minimum Gasteiger partial charge on any atom is -0.428 e. The maximum atomic E-state index is 11.7. The van der Waals surface area contributed by atoms with E-state index in [9.17, 15) is 19.2 Å². The molecule has 0 aliphatic heterocycles. The summed E-state index contributed by atoms with van der Waals surface area (Å²) in [6.45, 7) is 11.3. The number of amides is 3. The number of methoxy groups -OCH3 is 1. The van der Waals surface area contributed by atoms with Gasteiger partial charge in [0.2, 0.25) is 23.8 Å². The minimum atomic E-state index is -0.0499. The zero-order valence-electron chi connectivity index (χ0n) is 28.2. The van der Waals surface area contributed by atoms with Gasteiger partial charge in [-0.25, -0.2) is 9.79 Å². The van der Waals surface area contributed by atoms with E-state index in [0.717, 1.165) is 77.5 Å². The van der Waals surface area contributed by atoms with Crippen LogP contribution in [0.15, 0.2) is 4.99 Å². The average Bonchev–Trinajstić information content (AvgIpc) is 3.04. The summed E-state index contributed by atoms with van der Waals surface area (Å²) in [5, 5.41) is 31.2. The van der Waals surface area contributed by atoms with Crippen molar-refractivity contribution < 1.29 is 38.9 Å². The topological polar surface area (TPSA) is 194 Å². The second-order valence-electron chi connectivity index (χ2n) is 9.88. The van der Waals surface area contributed by atoms with Crippen molar-refractivity contribution in [2.45, 2.75) is 85.0 Å². The van der Waals surface area contributed by atoms with Gasteiger partial charge in [-0.05, 0) is 38.6 Å². The highest BCUT2D eigenvalue weighted by Gasteiger charge is 2.10. The molecule has 0 bridgehead atoms. The molecule has 0 heterocycles. The van der Waals surface area contributed by atoms with Crippen LogP contribution in [0.4, 0.5) is 0 Å². The zero-order chi connectivity index (χ0) is 34.4. The van der Waals surface area contributed by atoms with Gasteiger partial charge in [0.25, 0.3) is 6.26 Å². The third-order valence-electron chi connectivity index (χ3n) is 6.22. The van der Waals surface area contributed by atoms with Crippen LogP contribution in [0, 0.1) is 11.5 Å². The number of unbranched alkanes of at least 4 members (excludes halogenated alkanes) is 6. The van der Waals surface area contributed by atoms with E-state index in [4.69, 9.17) is 20.2 Å². The fourth-order valence-corrected chi connectivity index (χ4v) is 3.75. The number of nitrogens with zero attached hydrogens (tertiary/aromatic N) is 4. The number of isocyanates is 1. The summed E-state index contributed by atoms with van der Waals surface area (Å²) in [5.41, 5.74) is 0. The molecule has 14 heteroatoms. The minimum absolute atomic E-state index is 0.0342. The van der Waals surface area contributed by atoms with Crippen molar-refractivity contribution in [1.82, 2.24) is 20.4 Å². The Balaban J connectivity index is -0.000000647. The van der Waals surface area contributed by atoms with Crippen molar-refractivity contribution in [1.29, 1.82) is 5.26 Å². The first kappa shape index (κ1) is 46.3. The third-order valence-corrected chi connectivity index (χ3v) is 6.22. The number of ether oxygens (including phenoxy) is 2. The Morgan fingerprint density at radius 1 is 0.778 bits per heavy atom. The summed E-state index contributed by atoms with van der Waals surface area (Å²) < 4.78 is 9.51. The number of aliphatic hydroxyl groups is 2. The van der Waals surface area contributed by atoms with Crippen molar-refractivity contribution in [3.05, 3.63) is 0 Å². The predicted molar refractivity (Wildman–Crippen MR) is 173 cm³/mol. The van der Waals surface area contributed by atoms with Gasteiger partial charge in [-0.3, -0.25) is 14.4 Å². The van der Waals surface area contributed by atoms with Crippen molar-refractivity contribution in [2.24, 2.45) is 4.99 Å². The summed E-state index contributed by atoms with van der Waals surface area (Å²) in [7, 11) is 1.65. The molecule has 0 saturated carbocycles. The molecule has 4 N–H and O–H groups in total. The maximum Gasteiger partial charge on any atom is 0.286 e. The Hall–Kier alpha value is -3.08. The first-order chi connectivity index (χ1) is 21.8. The van der Waals surface area contributed by atoms with Crippen LogP contribution in [-0.2, 0) is 28.7 Å². The van der Waals surface area contributed by atoms with Crippen LogP contribution in [0.2, 0.25) is 0 Å². The monoisotopic (exact) mass is 644 g/mol. The van der Waals surface area contributed by atoms with Crippen LogP contribution < -0.4 is 10.6 Å². The normalized spacial score (nSPS) is 9.71. The van der Waals surface area contributed by atoms with Crippen LogP contribution in [-0.4, -0.2) is 130 Å². The number of aliphatic imine (C=N–C) groups is 1. The molecule has 0 aromatic rings. The van der Waals surface area contributed by atoms with E-state index < -0.39 is 0 Å². The van der Waals surface area contributed by atoms with Crippen molar-refractivity contribution in [3.63, 3.8) is 0 Å². The van der Waals surface area contributed by atoms with E-state index >= 15 is 0 Å². The number of hydrogen-bond acceptors (Lipinski definition) is 11. The van der Waals surface area contributed by atoms with Gasteiger partial charge in [-0.2, -0.15) is 5.26 Å². The molecule has 14 nitrogen and oxygen atoms in total. The van der Waals surface area contributed by atoms with Crippen molar-refractivity contribution >= 4 is 23.8 Å². The number of carbonyl (C=O) groups excluding carboxylic acids is 4. The number of aliphatic hydroxyl groups excluding tert-OH is 2. The van der Waals surface area contributed by atoms with Gasteiger partial charge < -0.3 is 40.1 Å². The summed E-state index contributed by atoms with van der Waals surface area (Å²) in [4.78, 5) is 49.8. The fourth-order valence-electron chi connectivity index (χ4n) is 3.75. The third kappa shape index (κ3) is 37.0. The quantitative estimate of drug-likeness (QED) is 0.0466. The molecule has 3 amide bonds. The van der Waals surface area contributed by atoms with E-state index in [-0.39, 0.29) is 30.9 Å². The zero-order valence-corrected chi connectivity index (χ0v) is 28.2. The van der Waals surface area contributed by atoms with Gasteiger partial charge in [0, 0.05) is 66.1 Å². The Labute approximate surface area is 270 Å². The molecule has 0 aliphatic rings. The summed E-state index contributed by atoms with van der Waals surface area (Å²) in [5.74, 6) is 0.186. The lowest BCUT2D eigenvalue weighted by molar-refractivity contribution is -0.132. The van der Waals surface area contributed by atoms with Gasteiger partial charge in [-0.1, -0.05) is 33.1 Å². The molecule has 0 aromatic carbocycles. The molecule has 0 aromatic heterocycles. The van der Waals surface area contributed by atoms with Crippen LogP contribution in [0.3, 0.4) is 0 Å². The number of carbonyl (C=O) groups is 3. The Kier molecular flexibility index (Phi) is 40.1. The smallest absolute Gasteiger partial charge is 0.286 e. The number of rotatable bonds is 26. The highest BCUT2D eigenvalue weighted by Crippen LogP contribution is 2.00. The molecule has 45 heavy (non-hydrogen) atoms. The molecular weight excluding hydrogens is 584 g/mol. The second-order valence-corrected chi connectivity index (χ2v) is 9.88. The van der Waals surface area contributed by atoms with Gasteiger partial charge in [0.15, 0.2) is 0 Å². The Bertz CT molecular complexity index is 785. The largest absolute Gasteiger partial charge is 0.428 e. The second kappa shape index (κ2) is 38.9.